The second kappa shape index (κ2) is 14.9. The number of unbranched alkanes of at least 4 members (excludes halogenated alkanes) is 3. The van der Waals surface area contributed by atoms with E-state index in [-0.39, 0.29) is 30.1 Å². The number of para-hydroxylation sites is 1. The lowest BCUT2D eigenvalue weighted by atomic mass is 10.1. The third kappa shape index (κ3) is 7.91. The highest BCUT2D eigenvalue weighted by molar-refractivity contribution is 6.45. The first-order chi connectivity index (χ1) is 20.8. The highest BCUT2D eigenvalue weighted by atomic mass is 16.5. The summed E-state index contributed by atoms with van der Waals surface area (Å²) in [7, 11) is 1.32. The number of ketones is 1. The van der Waals surface area contributed by atoms with Crippen LogP contribution >= 0.6 is 0 Å². The topological polar surface area (TPSA) is 153 Å². The number of nitrogens with zero attached hydrogens (tertiary/aromatic N) is 2. The summed E-state index contributed by atoms with van der Waals surface area (Å²) in [6.45, 7) is 3.77. The van der Waals surface area contributed by atoms with Crippen LogP contribution in [0.2, 0.25) is 0 Å². The monoisotopic (exact) mass is 590 g/mol. The molecule has 0 aliphatic carbocycles. The SMILES string of the molecule is COC(=O)NCCCCCCNC(=O)Nc1cccc2c(C(=O)C(=O)N3CCN(C(=O)c4ccccc4)CC3C)c[nH]c12. The Hall–Kier alpha value is -4.87. The van der Waals surface area contributed by atoms with Gasteiger partial charge in [0.05, 0.1) is 23.9 Å². The van der Waals surface area contributed by atoms with Gasteiger partial charge >= 0.3 is 12.1 Å². The molecule has 3 aromatic rings. The van der Waals surface area contributed by atoms with Gasteiger partial charge in [0.15, 0.2) is 0 Å². The number of piperazine rings is 1. The molecule has 0 saturated carbocycles. The summed E-state index contributed by atoms with van der Waals surface area (Å²) in [6, 6.07) is 13.4. The number of aromatic nitrogens is 1. The van der Waals surface area contributed by atoms with Gasteiger partial charge < -0.3 is 35.5 Å². The maximum Gasteiger partial charge on any atom is 0.406 e. The summed E-state index contributed by atoms with van der Waals surface area (Å²) >= 11 is 0. The van der Waals surface area contributed by atoms with Crippen LogP contribution in [0.15, 0.2) is 54.7 Å². The second-order valence-corrected chi connectivity index (χ2v) is 10.4. The van der Waals surface area contributed by atoms with Gasteiger partial charge in [0.2, 0.25) is 0 Å². The fourth-order valence-corrected chi connectivity index (χ4v) is 5.13. The van der Waals surface area contributed by atoms with Crippen LogP contribution in [0, 0.1) is 0 Å². The third-order valence-corrected chi connectivity index (χ3v) is 7.44. The van der Waals surface area contributed by atoms with Crippen molar-refractivity contribution in [3.05, 3.63) is 65.9 Å². The molecule has 43 heavy (non-hydrogen) atoms. The molecule has 4 rings (SSSR count). The number of benzene rings is 2. The molecule has 1 aliphatic heterocycles. The number of alkyl carbamates (subject to hydrolysis) is 1. The van der Waals surface area contributed by atoms with E-state index >= 15 is 0 Å². The molecule has 12 heteroatoms. The maximum atomic E-state index is 13.3. The molecule has 0 bridgehead atoms. The van der Waals surface area contributed by atoms with E-state index in [2.05, 4.69) is 25.7 Å². The lowest BCUT2D eigenvalue weighted by molar-refractivity contribution is -0.130. The van der Waals surface area contributed by atoms with E-state index in [0.29, 0.717) is 48.3 Å². The first-order valence-electron chi connectivity index (χ1n) is 14.5. The second-order valence-electron chi connectivity index (χ2n) is 10.4. The van der Waals surface area contributed by atoms with Crippen LogP contribution < -0.4 is 16.0 Å². The number of fused-ring (bicyclic) bond motifs is 1. The summed E-state index contributed by atoms with van der Waals surface area (Å²) in [6.07, 6.45) is 4.45. The van der Waals surface area contributed by atoms with Gasteiger partial charge in [-0.3, -0.25) is 14.4 Å². The Morgan fingerprint density at radius 3 is 2.33 bits per heavy atom. The molecule has 1 unspecified atom stereocenters. The zero-order chi connectivity index (χ0) is 30.8. The van der Waals surface area contributed by atoms with Crippen molar-refractivity contribution in [3.8, 4) is 0 Å². The Bertz CT molecular complexity index is 1460. The number of methoxy groups -OCH3 is 1. The van der Waals surface area contributed by atoms with Gasteiger partial charge in [-0.25, -0.2) is 9.59 Å². The molecule has 2 heterocycles. The fourth-order valence-electron chi connectivity index (χ4n) is 5.13. The van der Waals surface area contributed by atoms with Crippen LogP contribution in [-0.2, 0) is 9.53 Å². The molecule has 0 spiro atoms. The molecule has 5 amide bonds. The number of aromatic amines is 1. The maximum absolute atomic E-state index is 13.3. The van der Waals surface area contributed by atoms with Gasteiger partial charge in [-0.2, -0.15) is 0 Å². The largest absolute Gasteiger partial charge is 0.453 e. The van der Waals surface area contributed by atoms with Crippen molar-refractivity contribution >= 4 is 46.3 Å². The Balaban J connectivity index is 1.28. The van der Waals surface area contributed by atoms with Gasteiger partial charge in [-0.15, -0.1) is 0 Å². The minimum atomic E-state index is -0.649. The molecule has 0 radical (unpaired) electrons. The molecule has 2 aromatic carbocycles. The molecule has 4 N–H and O–H groups in total. The fraction of sp³-hybridized carbons (Fsp3) is 0.387. The molecule has 12 nitrogen and oxygen atoms in total. The molecular weight excluding hydrogens is 552 g/mol. The van der Waals surface area contributed by atoms with Crippen LogP contribution in [0.1, 0.15) is 53.3 Å². The number of H-pyrrole nitrogens is 1. The Morgan fingerprint density at radius 1 is 0.907 bits per heavy atom. The number of urea groups is 1. The zero-order valence-electron chi connectivity index (χ0n) is 24.5. The van der Waals surface area contributed by atoms with E-state index < -0.39 is 17.8 Å². The number of hydrogen-bond acceptors (Lipinski definition) is 6. The van der Waals surface area contributed by atoms with Gasteiger partial charge in [0.1, 0.15) is 0 Å². The van der Waals surface area contributed by atoms with Crippen molar-refractivity contribution in [1.29, 1.82) is 0 Å². The van der Waals surface area contributed by atoms with Crippen LogP contribution in [0.3, 0.4) is 0 Å². The van der Waals surface area contributed by atoms with Crippen LogP contribution in [0.4, 0.5) is 15.3 Å². The standard InChI is InChI=1S/C31H38N6O6/c1-21-20-36(28(39)22-11-6-5-7-12-22)17-18-37(21)29(40)27(38)24-19-34-26-23(24)13-10-14-25(26)35-30(41)32-15-8-3-4-9-16-33-31(42)43-2/h5-7,10-14,19,21,34H,3-4,8-9,15-18,20H2,1-2H3,(H,33,42)(H2,32,35,41). The molecule has 1 saturated heterocycles. The number of rotatable bonds is 11. The quantitative estimate of drug-likeness (QED) is 0.152. The van der Waals surface area contributed by atoms with Crippen molar-refractivity contribution in [2.24, 2.45) is 0 Å². The minimum Gasteiger partial charge on any atom is -0.453 e. The first-order valence-corrected chi connectivity index (χ1v) is 14.5. The van der Waals surface area contributed by atoms with Crippen molar-refractivity contribution in [1.82, 2.24) is 25.4 Å². The average molecular weight is 591 g/mol. The minimum absolute atomic E-state index is 0.100. The predicted octanol–water partition coefficient (Wildman–Crippen LogP) is 3.76. The molecule has 1 aliphatic rings. The average Bonchev–Trinajstić information content (AvgIpc) is 3.46. The van der Waals surface area contributed by atoms with E-state index in [1.54, 1.807) is 35.2 Å². The van der Waals surface area contributed by atoms with Gasteiger partial charge in [-0.05, 0) is 38.0 Å². The summed E-state index contributed by atoms with van der Waals surface area (Å²) < 4.78 is 4.52. The Labute approximate surface area is 250 Å². The number of Topliss-reactive ketones (excluding diaryl/α,β-unsaturated/α-hetero) is 1. The summed E-state index contributed by atoms with van der Waals surface area (Å²) in [5, 5.41) is 8.79. The number of ether oxygens (including phenoxy) is 1. The van der Waals surface area contributed by atoms with E-state index in [1.165, 1.54) is 18.2 Å². The van der Waals surface area contributed by atoms with Crippen molar-refractivity contribution in [2.45, 2.75) is 38.6 Å². The number of carbonyl (C=O) groups excluding carboxylic acids is 5. The summed E-state index contributed by atoms with van der Waals surface area (Å²) in [4.78, 5) is 69.3. The van der Waals surface area contributed by atoms with E-state index in [1.807, 2.05) is 25.1 Å². The van der Waals surface area contributed by atoms with Gasteiger partial charge in [0, 0.05) is 55.9 Å². The first kappa shape index (κ1) is 31.1. The lowest BCUT2D eigenvalue weighted by Gasteiger charge is -2.39. The van der Waals surface area contributed by atoms with E-state index in [0.717, 1.165) is 25.7 Å². The van der Waals surface area contributed by atoms with E-state index in [4.69, 9.17) is 0 Å². The number of hydrogen-bond donors (Lipinski definition) is 4. The molecule has 1 atom stereocenters. The van der Waals surface area contributed by atoms with E-state index in [9.17, 15) is 24.0 Å². The lowest BCUT2D eigenvalue weighted by Crippen LogP contribution is -2.56. The number of nitrogens with one attached hydrogen (secondary N) is 4. The normalized spacial score (nSPS) is 14.7. The summed E-state index contributed by atoms with van der Waals surface area (Å²) in [5.41, 5.74) is 1.83. The van der Waals surface area contributed by atoms with Crippen molar-refractivity contribution in [2.75, 3.05) is 45.2 Å². The number of anilines is 1. The van der Waals surface area contributed by atoms with Crippen molar-refractivity contribution in [3.63, 3.8) is 0 Å². The summed E-state index contributed by atoms with van der Waals surface area (Å²) in [5.74, 6) is -1.38. The van der Waals surface area contributed by atoms with Crippen LogP contribution in [-0.4, -0.2) is 90.4 Å². The molecular formula is C31H38N6O6. The highest BCUT2D eigenvalue weighted by Crippen LogP contribution is 2.27. The van der Waals surface area contributed by atoms with Gasteiger partial charge in [0.25, 0.3) is 17.6 Å². The predicted molar refractivity (Wildman–Crippen MR) is 162 cm³/mol. The molecule has 1 aromatic heterocycles. The Kier molecular flexibility index (Phi) is 10.7. The van der Waals surface area contributed by atoms with Crippen LogP contribution in [0.5, 0.6) is 0 Å². The highest BCUT2D eigenvalue weighted by Gasteiger charge is 2.34. The number of carbonyl (C=O) groups is 5. The molecule has 228 valence electrons. The third-order valence-electron chi connectivity index (χ3n) is 7.44. The van der Waals surface area contributed by atoms with Gasteiger partial charge in [-0.1, -0.05) is 43.2 Å². The van der Waals surface area contributed by atoms with Crippen LogP contribution in [0.25, 0.3) is 10.9 Å². The molecule has 1 fully saturated rings. The van der Waals surface area contributed by atoms with Crippen molar-refractivity contribution < 1.29 is 28.7 Å². The Morgan fingerprint density at radius 2 is 1.63 bits per heavy atom. The zero-order valence-corrected chi connectivity index (χ0v) is 24.5. The smallest absolute Gasteiger partial charge is 0.406 e. The number of amides is 5.